The van der Waals surface area contributed by atoms with Crippen molar-refractivity contribution in [3.8, 4) is 11.5 Å². The van der Waals surface area contributed by atoms with E-state index in [2.05, 4.69) is 4.99 Å². The lowest BCUT2D eigenvalue weighted by Gasteiger charge is -2.03. The van der Waals surface area contributed by atoms with Gasteiger partial charge in [0.25, 0.3) is 0 Å². The molecule has 16 heavy (non-hydrogen) atoms. The first-order valence-corrected chi connectivity index (χ1v) is 4.92. The predicted octanol–water partition coefficient (Wildman–Crippen LogP) is 1.48. The fourth-order valence-electron chi connectivity index (χ4n) is 1.15. The molecule has 0 aliphatic heterocycles. The normalized spacial score (nSPS) is 11.4. The van der Waals surface area contributed by atoms with E-state index in [0.29, 0.717) is 12.3 Å². The smallest absolute Gasteiger partial charge is 0.161 e. The largest absolute Gasteiger partial charge is 0.504 e. The number of aromatic hydroxyl groups is 1. The second-order valence-corrected chi connectivity index (χ2v) is 3.07. The van der Waals surface area contributed by atoms with Crippen LogP contribution in [0.15, 0.2) is 29.3 Å². The Balaban J connectivity index is 2.67. The highest BCUT2D eigenvalue weighted by Gasteiger charge is 1.99. The van der Waals surface area contributed by atoms with Crippen LogP contribution in [0.3, 0.4) is 0 Å². The Morgan fingerprint density at radius 3 is 2.94 bits per heavy atom. The second-order valence-electron chi connectivity index (χ2n) is 3.07. The molecule has 0 radical (unpaired) electrons. The summed E-state index contributed by atoms with van der Waals surface area (Å²) in [5.74, 6) is 0.558. The van der Waals surface area contributed by atoms with Crippen LogP contribution in [0.1, 0.15) is 5.56 Å². The summed E-state index contributed by atoms with van der Waals surface area (Å²) < 4.78 is 4.98. The molecular formula is C12H15NO3. The summed E-state index contributed by atoms with van der Waals surface area (Å²) in [7, 11) is 1.51. The summed E-state index contributed by atoms with van der Waals surface area (Å²) in [6.07, 6.45) is 5.22. The van der Waals surface area contributed by atoms with Gasteiger partial charge >= 0.3 is 0 Å². The molecule has 4 heteroatoms. The third kappa shape index (κ3) is 3.74. The van der Waals surface area contributed by atoms with Crippen molar-refractivity contribution >= 4 is 12.3 Å². The molecule has 1 rings (SSSR count). The van der Waals surface area contributed by atoms with Crippen LogP contribution in [0.4, 0.5) is 0 Å². The predicted molar refractivity (Wildman–Crippen MR) is 64.1 cm³/mol. The van der Waals surface area contributed by atoms with Gasteiger partial charge in [-0.3, -0.25) is 4.99 Å². The van der Waals surface area contributed by atoms with Crippen molar-refractivity contribution < 1.29 is 14.9 Å². The van der Waals surface area contributed by atoms with Gasteiger partial charge in [-0.1, -0.05) is 12.1 Å². The summed E-state index contributed by atoms with van der Waals surface area (Å²) in [5, 5.41) is 17.9. The Hall–Kier alpha value is -1.81. The first-order valence-electron chi connectivity index (χ1n) is 4.92. The van der Waals surface area contributed by atoms with Crippen LogP contribution in [-0.4, -0.2) is 36.7 Å². The fraction of sp³-hybridized carbons (Fsp3) is 0.250. The summed E-state index contributed by atoms with van der Waals surface area (Å²) in [4.78, 5) is 3.92. The quantitative estimate of drug-likeness (QED) is 0.740. The monoisotopic (exact) mass is 221 g/mol. The van der Waals surface area contributed by atoms with E-state index in [1.165, 1.54) is 7.11 Å². The van der Waals surface area contributed by atoms with Crippen molar-refractivity contribution in [2.45, 2.75) is 0 Å². The minimum absolute atomic E-state index is 0.0529. The number of rotatable bonds is 5. The number of allylic oxidation sites excluding steroid dienone is 1. The van der Waals surface area contributed by atoms with Crippen molar-refractivity contribution in [3.63, 3.8) is 0 Å². The van der Waals surface area contributed by atoms with E-state index < -0.39 is 0 Å². The maximum atomic E-state index is 9.37. The summed E-state index contributed by atoms with van der Waals surface area (Å²) in [6, 6.07) is 5.07. The van der Waals surface area contributed by atoms with E-state index in [0.717, 1.165) is 5.56 Å². The number of aliphatic hydroxyl groups excluding tert-OH is 1. The average Bonchev–Trinajstić information content (AvgIpc) is 2.31. The lowest BCUT2D eigenvalue weighted by atomic mass is 10.2. The van der Waals surface area contributed by atoms with Gasteiger partial charge in [-0.05, 0) is 23.8 Å². The molecule has 0 spiro atoms. The summed E-state index contributed by atoms with van der Waals surface area (Å²) >= 11 is 0. The van der Waals surface area contributed by atoms with Gasteiger partial charge in [0.2, 0.25) is 0 Å². The van der Waals surface area contributed by atoms with Crippen LogP contribution in [0, 0.1) is 0 Å². The van der Waals surface area contributed by atoms with Gasteiger partial charge in [0.15, 0.2) is 11.5 Å². The molecule has 0 saturated heterocycles. The second kappa shape index (κ2) is 6.63. The molecule has 86 valence electrons. The lowest BCUT2D eigenvalue weighted by Crippen LogP contribution is -1.86. The molecule has 4 nitrogen and oxygen atoms in total. The molecule has 0 amide bonds. The third-order valence-electron chi connectivity index (χ3n) is 1.91. The van der Waals surface area contributed by atoms with Crippen LogP contribution >= 0.6 is 0 Å². The number of ether oxygens (including phenoxy) is 1. The summed E-state index contributed by atoms with van der Waals surface area (Å²) in [5.41, 5.74) is 0.907. The molecule has 0 aromatic heterocycles. The molecule has 0 aliphatic carbocycles. The number of methoxy groups -OCH3 is 1. The van der Waals surface area contributed by atoms with Crippen LogP contribution in [0.25, 0.3) is 6.08 Å². The van der Waals surface area contributed by atoms with Crippen molar-refractivity contribution in [2.24, 2.45) is 4.99 Å². The maximum Gasteiger partial charge on any atom is 0.161 e. The topological polar surface area (TPSA) is 62.0 Å². The van der Waals surface area contributed by atoms with Crippen LogP contribution in [0.5, 0.6) is 11.5 Å². The van der Waals surface area contributed by atoms with Crippen molar-refractivity contribution in [1.82, 2.24) is 0 Å². The highest BCUT2D eigenvalue weighted by molar-refractivity contribution is 5.78. The van der Waals surface area contributed by atoms with E-state index in [1.807, 2.05) is 6.08 Å². The van der Waals surface area contributed by atoms with Crippen LogP contribution in [-0.2, 0) is 0 Å². The van der Waals surface area contributed by atoms with Gasteiger partial charge in [-0.2, -0.15) is 0 Å². The third-order valence-corrected chi connectivity index (χ3v) is 1.91. The van der Waals surface area contributed by atoms with Crippen molar-refractivity contribution in [3.05, 3.63) is 29.8 Å². The number of aliphatic hydroxyl groups is 1. The highest BCUT2D eigenvalue weighted by atomic mass is 16.5. The molecule has 0 atom stereocenters. The fourth-order valence-corrected chi connectivity index (χ4v) is 1.15. The molecule has 0 aliphatic rings. The van der Waals surface area contributed by atoms with Crippen molar-refractivity contribution in [2.75, 3.05) is 20.3 Å². The molecule has 0 saturated carbocycles. The number of phenols is 1. The SMILES string of the molecule is COc1cc(C=CC=NCCO)ccc1O. The van der Waals surface area contributed by atoms with Crippen molar-refractivity contribution in [1.29, 1.82) is 0 Å². The number of hydrogen-bond acceptors (Lipinski definition) is 4. The Labute approximate surface area is 94.5 Å². The standard InChI is InChI=1S/C12H15NO3/c1-16-12-9-10(4-5-11(12)15)3-2-6-13-7-8-14/h2-6,9,14-15H,7-8H2,1H3. The number of benzene rings is 1. The number of aliphatic imine (C=N–C) groups is 1. The Morgan fingerprint density at radius 2 is 2.25 bits per heavy atom. The minimum atomic E-state index is 0.0529. The molecule has 0 unspecified atom stereocenters. The van der Waals surface area contributed by atoms with E-state index in [4.69, 9.17) is 9.84 Å². The molecule has 2 N–H and O–H groups in total. The van der Waals surface area contributed by atoms with Crippen LogP contribution < -0.4 is 4.74 Å². The minimum Gasteiger partial charge on any atom is -0.504 e. The zero-order valence-electron chi connectivity index (χ0n) is 9.13. The van der Waals surface area contributed by atoms with Crippen LogP contribution in [0.2, 0.25) is 0 Å². The van der Waals surface area contributed by atoms with E-state index >= 15 is 0 Å². The first kappa shape index (κ1) is 12.3. The Bertz CT molecular complexity index is 386. The number of phenolic OH excluding ortho intramolecular Hbond substituents is 1. The van der Waals surface area contributed by atoms with E-state index in [-0.39, 0.29) is 12.4 Å². The maximum absolute atomic E-state index is 9.37. The molecule has 0 bridgehead atoms. The first-order chi connectivity index (χ1) is 7.77. The van der Waals surface area contributed by atoms with Gasteiger partial charge in [0.1, 0.15) is 0 Å². The van der Waals surface area contributed by atoms with Gasteiger partial charge < -0.3 is 14.9 Å². The number of nitrogens with zero attached hydrogens (tertiary/aromatic N) is 1. The van der Waals surface area contributed by atoms with E-state index in [1.54, 1.807) is 30.5 Å². The number of hydrogen-bond donors (Lipinski definition) is 2. The van der Waals surface area contributed by atoms with Gasteiger partial charge in [-0.25, -0.2) is 0 Å². The molecule has 0 heterocycles. The van der Waals surface area contributed by atoms with Gasteiger partial charge in [0.05, 0.1) is 20.3 Å². The zero-order valence-corrected chi connectivity index (χ0v) is 9.13. The molecule has 1 aromatic carbocycles. The van der Waals surface area contributed by atoms with E-state index in [9.17, 15) is 5.11 Å². The highest BCUT2D eigenvalue weighted by Crippen LogP contribution is 2.26. The van der Waals surface area contributed by atoms with Gasteiger partial charge in [-0.15, -0.1) is 0 Å². The Morgan fingerprint density at radius 1 is 1.44 bits per heavy atom. The average molecular weight is 221 g/mol. The molecular weight excluding hydrogens is 206 g/mol. The lowest BCUT2D eigenvalue weighted by molar-refractivity contribution is 0.307. The summed E-state index contributed by atoms with van der Waals surface area (Å²) in [6.45, 7) is 0.459. The molecule has 0 fully saturated rings. The zero-order chi connectivity index (χ0) is 11.8. The van der Waals surface area contributed by atoms with Gasteiger partial charge in [0, 0.05) is 6.21 Å². The Kier molecular flexibility index (Phi) is 5.08. The molecule has 1 aromatic rings.